The molecule has 1 aromatic carbocycles. The molecule has 0 amide bonds. The second kappa shape index (κ2) is 9.87. The molecule has 156 valence electrons. The van der Waals surface area contributed by atoms with E-state index in [4.69, 9.17) is 0 Å². The van der Waals surface area contributed by atoms with Gasteiger partial charge in [-0.2, -0.15) is 0 Å². The fourth-order valence-electron chi connectivity index (χ4n) is 4.43. The zero-order valence-corrected chi connectivity index (χ0v) is 17.5. The third-order valence-corrected chi connectivity index (χ3v) is 6.06. The second-order valence-corrected chi connectivity index (χ2v) is 8.05. The number of likely N-dealkylation sites (tertiary alicyclic amines) is 1. The van der Waals surface area contributed by atoms with Crippen molar-refractivity contribution in [2.24, 2.45) is 4.99 Å². The lowest BCUT2D eigenvalue weighted by Crippen LogP contribution is -2.44. The third kappa shape index (κ3) is 5.15. The van der Waals surface area contributed by atoms with Crippen LogP contribution in [0.25, 0.3) is 0 Å². The molecule has 1 fully saturated rings. The molecule has 29 heavy (non-hydrogen) atoms. The molecule has 2 aromatic rings. The number of rotatable bonds is 6. The van der Waals surface area contributed by atoms with E-state index in [0.29, 0.717) is 12.6 Å². The minimum absolute atomic E-state index is 0.540. The lowest BCUT2D eigenvalue weighted by molar-refractivity contribution is 0.245. The minimum Gasteiger partial charge on any atom is -0.355 e. The summed E-state index contributed by atoms with van der Waals surface area (Å²) in [6, 6.07) is 11.3. The average Bonchev–Trinajstić information content (AvgIpc) is 3.28. The van der Waals surface area contributed by atoms with Crippen molar-refractivity contribution >= 4 is 5.96 Å². The van der Waals surface area contributed by atoms with Crippen LogP contribution in [0.5, 0.6) is 0 Å². The number of benzene rings is 1. The smallest absolute Gasteiger partial charge is 0.191 e. The van der Waals surface area contributed by atoms with Crippen molar-refractivity contribution in [2.45, 2.75) is 64.2 Å². The van der Waals surface area contributed by atoms with Crippen LogP contribution in [0.3, 0.4) is 0 Å². The first kappa shape index (κ1) is 19.9. The predicted octanol–water partition coefficient (Wildman–Crippen LogP) is 2.33. The standard InChI is InChI=1S/C22H33N7/c1-23-22(25-16-21-27-26-20-12-6-3-7-14-29(20)21)24-15-19-11-8-13-28(19)17-18-9-4-2-5-10-18/h2,4-5,9-10,19H,3,6-8,11-17H2,1H3,(H2,23,24,25). The summed E-state index contributed by atoms with van der Waals surface area (Å²) in [7, 11) is 1.83. The molecule has 0 bridgehead atoms. The Morgan fingerprint density at radius 2 is 1.97 bits per heavy atom. The van der Waals surface area contributed by atoms with Crippen LogP contribution in [0.1, 0.15) is 49.3 Å². The Kier molecular flexibility index (Phi) is 6.77. The number of hydrogen-bond acceptors (Lipinski definition) is 4. The molecule has 1 aromatic heterocycles. The van der Waals surface area contributed by atoms with E-state index in [0.717, 1.165) is 43.7 Å². The summed E-state index contributed by atoms with van der Waals surface area (Å²) in [6.45, 7) is 4.78. The van der Waals surface area contributed by atoms with Crippen LogP contribution in [0.2, 0.25) is 0 Å². The summed E-state index contributed by atoms with van der Waals surface area (Å²) in [5.74, 6) is 2.98. The normalized spacial score (nSPS) is 20.3. The molecule has 1 atom stereocenters. The molecule has 2 N–H and O–H groups in total. The Bertz CT molecular complexity index is 799. The number of aromatic nitrogens is 3. The maximum atomic E-state index is 4.41. The number of hydrogen-bond donors (Lipinski definition) is 2. The van der Waals surface area contributed by atoms with Crippen LogP contribution in [0.4, 0.5) is 0 Å². The lowest BCUT2D eigenvalue weighted by Gasteiger charge is -2.25. The van der Waals surface area contributed by atoms with E-state index in [1.54, 1.807) is 0 Å². The average molecular weight is 396 g/mol. The van der Waals surface area contributed by atoms with Gasteiger partial charge in [-0.05, 0) is 37.8 Å². The summed E-state index contributed by atoms with van der Waals surface area (Å²) in [6.07, 6.45) is 7.24. The molecule has 3 heterocycles. The van der Waals surface area contributed by atoms with Crippen LogP contribution in [0, 0.1) is 0 Å². The van der Waals surface area contributed by atoms with E-state index < -0.39 is 0 Å². The van der Waals surface area contributed by atoms with E-state index in [-0.39, 0.29) is 0 Å². The fourth-order valence-corrected chi connectivity index (χ4v) is 4.43. The van der Waals surface area contributed by atoms with E-state index in [9.17, 15) is 0 Å². The topological polar surface area (TPSA) is 70.4 Å². The predicted molar refractivity (Wildman–Crippen MR) is 116 cm³/mol. The van der Waals surface area contributed by atoms with Crippen LogP contribution in [0.15, 0.2) is 35.3 Å². The molecule has 1 saturated heterocycles. The van der Waals surface area contributed by atoms with Gasteiger partial charge < -0.3 is 15.2 Å². The molecule has 2 aliphatic heterocycles. The molecular weight excluding hydrogens is 362 g/mol. The van der Waals surface area contributed by atoms with E-state index in [2.05, 4.69) is 65.6 Å². The molecule has 0 aliphatic carbocycles. The molecule has 1 unspecified atom stereocenters. The molecule has 0 spiro atoms. The first-order valence-electron chi connectivity index (χ1n) is 11.0. The van der Waals surface area contributed by atoms with Crippen LogP contribution in [-0.2, 0) is 26.1 Å². The van der Waals surface area contributed by atoms with Gasteiger partial charge >= 0.3 is 0 Å². The van der Waals surface area contributed by atoms with Gasteiger partial charge in [-0.15, -0.1) is 10.2 Å². The summed E-state index contributed by atoms with van der Waals surface area (Å²) < 4.78 is 2.28. The van der Waals surface area contributed by atoms with Gasteiger partial charge in [0, 0.05) is 39.1 Å². The highest BCUT2D eigenvalue weighted by molar-refractivity contribution is 5.79. The Hall–Kier alpha value is -2.41. The molecule has 4 rings (SSSR count). The van der Waals surface area contributed by atoms with Gasteiger partial charge in [0.25, 0.3) is 0 Å². The quantitative estimate of drug-likeness (QED) is 0.580. The van der Waals surface area contributed by atoms with Gasteiger partial charge in [-0.3, -0.25) is 9.89 Å². The summed E-state index contributed by atoms with van der Waals surface area (Å²) in [5.41, 5.74) is 1.38. The maximum Gasteiger partial charge on any atom is 0.191 e. The Balaban J connectivity index is 1.28. The van der Waals surface area contributed by atoms with Crippen LogP contribution < -0.4 is 10.6 Å². The van der Waals surface area contributed by atoms with E-state index in [1.165, 1.54) is 44.2 Å². The van der Waals surface area contributed by atoms with Crippen molar-refractivity contribution in [3.8, 4) is 0 Å². The van der Waals surface area contributed by atoms with Gasteiger partial charge in [0.15, 0.2) is 11.8 Å². The summed E-state index contributed by atoms with van der Waals surface area (Å²) >= 11 is 0. The number of aliphatic imine (C=N–C) groups is 1. The second-order valence-electron chi connectivity index (χ2n) is 8.05. The number of aryl methyl sites for hydroxylation is 1. The van der Waals surface area contributed by atoms with Crippen molar-refractivity contribution in [2.75, 3.05) is 20.1 Å². The first-order chi connectivity index (χ1) is 14.3. The molecule has 7 heteroatoms. The number of nitrogens with zero attached hydrogens (tertiary/aromatic N) is 5. The highest BCUT2D eigenvalue weighted by Crippen LogP contribution is 2.19. The summed E-state index contributed by atoms with van der Waals surface area (Å²) in [4.78, 5) is 6.98. The van der Waals surface area contributed by atoms with Gasteiger partial charge in [-0.1, -0.05) is 36.8 Å². The fraction of sp³-hybridized carbons (Fsp3) is 0.591. The van der Waals surface area contributed by atoms with Crippen molar-refractivity contribution in [1.29, 1.82) is 0 Å². The van der Waals surface area contributed by atoms with Crippen molar-refractivity contribution in [1.82, 2.24) is 30.3 Å². The molecule has 7 nitrogen and oxygen atoms in total. The SMILES string of the molecule is CN=C(NCc1nnc2n1CCCCC2)NCC1CCCN1Cc1ccccc1. The molecule has 0 radical (unpaired) electrons. The number of nitrogens with one attached hydrogen (secondary N) is 2. The van der Waals surface area contributed by atoms with Crippen molar-refractivity contribution < 1.29 is 0 Å². The van der Waals surface area contributed by atoms with Gasteiger partial charge in [0.2, 0.25) is 0 Å². The highest BCUT2D eigenvalue weighted by atomic mass is 15.3. The zero-order valence-electron chi connectivity index (χ0n) is 17.5. The number of guanidine groups is 1. The monoisotopic (exact) mass is 395 g/mol. The van der Waals surface area contributed by atoms with Gasteiger partial charge in [0.05, 0.1) is 6.54 Å². The molecule has 2 aliphatic rings. The number of fused-ring (bicyclic) bond motifs is 1. The van der Waals surface area contributed by atoms with Crippen LogP contribution >= 0.6 is 0 Å². The highest BCUT2D eigenvalue weighted by Gasteiger charge is 2.24. The first-order valence-corrected chi connectivity index (χ1v) is 11.0. The third-order valence-electron chi connectivity index (χ3n) is 6.06. The Morgan fingerprint density at radius 1 is 1.07 bits per heavy atom. The van der Waals surface area contributed by atoms with Crippen molar-refractivity contribution in [3.63, 3.8) is 0 Å². The molecule has 0 saturated carbocycles. The largest absolute Gasteiger partial charge is 0.355 e. The Labute approximate surface area is 173 Å². The minimum atomic E-state index is 0.540. The lowest BCUT2D eigenvalue weighted by atomic mass is 10.2. The summed E-state index contributed by atoms with van der Waals surface area (Å²) in [5, 5.41) is 15.7. The van der Waals surface area contributed by atoms with Gasteiger partial charge in [-0.25, -0.2) is 0 Å². The molecular formula is C22H33N7. The van der Waals surface area contributed by atoms with E-state index >= 15 is 0 Å². The maximum absolute atomic E-state index is 4.41. The zero-order chi connectivity index (χ0) is 19.9. The van der Waals surface area contributed by atoms with E-state index in [1.807, 2.05) is 7.05 Å². The van der Waals surface area contributed by atoms with Crippen LogP contribution in [-0.4, -0.2) is 51.8 Å². The van der Waals surface area contributed by atoms with Gasteiger partial charge in [0.1, 0.15) is 5.82 Å². The van der Waals surface area contributed by atoms with Crippen molar-refractivity contribution in [3.05, 3.63) is 47.5 Å². The Morgan fingerprint density at radius 3 is 2.83 bits per heavy atom.